The number of unbranched alkanes of at least 4 members (excludes halogenated alkanes) is 2. The molecule has 3 N–H and O–H groups in total. The first-order chi connectivity index (χ1) is 14.2. The van der Waals surface area contributed by atoms with Crippen LogP contribution in [0.1, 0.15) is 75.5 Å². The number of aryl methyl sites for hydroxylation is 1. The van der Waals surface area contributed by atoms with E-state index < -0.39 is 0 Å². The molecule has 1 aromatic rings. The van der Waals surface area contributed by atoms with E-state index in [1.54, 1.807) is 20.2 Å². The highest BCUT2D eigenvalue weighted by Crippen LogP contribution is 2.48. The molecule has 0 spiro atoms. The van der Waals surface area contributed by atoms with Crippen LogP contribution >= 0.6 is 0 Å². The van der Waals surface area contributed by atoms with E-state index in [-0.39, 0.29) is 35.9 Å². The first-order valence-corrected chi connectivity index (χ1v) is 11.0. The number of nitrogens with one attached hydrogen (secondary N) is 1. The fourth-order valence-electron chi connectivity index (χ4n) is 4.31. The van der Waals surface area contributed by atoms with Gasteiger partial charge in [0.05, 0.1) is 0 Å². The van der Waals surface area contributed by atoms with Gasteiger partial charge in [0.15, 0.2) is 0 Å². The van der Waals surface area contributed by atoms with Gasteiger partial charge in [-0.25, -0.2) is 4.79 Å². The third-order valence-corrected chi connectivity index (χ3v) is 6.10. The topological polar surface area (TPSA) is 72.8 Å². The Hall–Kier alpha value is -2.43. The minimum atomic E-state index is -0.211. The summed E-state index contributed by atoms with van der Waals surface area (Å²) in [6.07, 6.45) is 8.00. The maximum atomic E-state index is 12.1. The van der Waals surface area contributed by atoms with E-state index in [1.807, 2.05) is 6.92 Å². The zero-order valence-corrected chi connectivity index (χ0v) is 19.2. The van der Waals surface area contributed by atoms with Crippen LogP contribution in [0.15, 0.2) is 29.9 Å². The molecule has 30 heavy (non-hydrogen) atoms. The van der Waals surface area contributed by atoms with Crippen molar-refractivity contribution >= 4 is 6.03 Å². The molecule has 1 aromatic carbocycles. The monoisotopic (exact) mass is 414 g/mol. The largest absolute Gasteiger partial charge is 0.507 e. The lowest BCUT2D eigenvalue weighted by Gasteiger charge is -2.32. The summed E-state index contributed by atoms with van der Waals surface area (Å²) in [5.41, 5.74) is 4.45. The third kappa shape index (κ3) is 5.59. The van der Waals surface area contributed by atoms with Crippen molar-refractivity contribution in [1.82, 2.24) is 10.2 Å². The van der Waals surface area contributed by atoms with Crippen LogP contribution in [0.3, 0.4) is 0 Å². The molecule has 0 saturated carbocycles. The fourth-order valence-corrected chi connectivity index (χ4v) is 4.31. The lowest BCUT2D eigenvalue weighted by atomic mass is 9.73. The number of hydrogen-bond acceptors (Lipinski definition) is 3. The molecule has 0 aliphatic heterocycles. The fraction of sp³-hybridized carbons (Fsp3) is 0.560. The van der Waals surface area contributed by atoms with Crippen LogP contribution in [0.25, 0.3) is 0 Å². The van der Waals surface area contributed by atoms with E-state index in [1.165, 1.54) is 10.5 Å². The van der Waals surface area contributed by atoms with Crippen LogP contribution in [0.2, 0.25) is 0 Å². The molecule has 1 aliphatic rings. The number of rotatable bonds is 8. The number of phenolic OH excluding ortho intramolecular Hbond substituents is 2. The number of urea groups is 1. The molecule has 2 unspecified atom stereocenters. The normalized spacial score (nSPS) is 18.6. The van der Waals surface area contributed by atoms with E-state index >= 15 is 0 Å². The van der Waals surface area contributed by atoms with Crippen molar-refractivity contribution in [3.63, 3.8) is 0 Å². The van der Waals surface area contributed by atoms with Gasteiger partial charge in [-0.05, 0) is 57.1 Å². The van der Waals surface area contributed by atoms with Gasteiger partial charge in [-0.2, -0.15) is 0 Å². The maximum Gasteiger partial charge on any atom is 0.317 e. The number of carbonyl (C=O) groups is 1. The van der Waals surface area contributed by atoms with Gasteiger partial charge >= 0.3 is 6.03 Å². The second-order valence-corrected chi connectivity index (χ2v) is 8.84. The summed E-state index contributed by atoms with van der Waals surface area (Å²) in [6, 6.07) is 1.58. The third-order valence-electron chi connectivity index (χ3n) is 6.10. The van der Waals surface area contributed by atoms with Gasteiger partial charge in [0.25, 0.3) is 0 Å². The number of nitrogens with zero attached hydrogens (tertiary/aromatic N) is 1. The average Bonchev–Trinajstić information content (AvgIpc) is 2.67. The molecule has 2 amide bonds. The van der Waals surface area contributed by atoms with E-state index in [4.69, 9.17) is 0 Å². The standard InChI is InChI=1S/C25H38N2O3/c1-7-8-9-10-18-14-22(28)23(20-13-17(4)11-12-19(20)16(2)3)24(29)21(18)15-26-25(30)27(5)6/h13-14,19-20,28-29H,2,7-12,15H2,1,3-6H3,(H,26,30). The smallest absolute Gasteiger partial charge is 0.317 e. The maximum absolute atomic E-state index is 12.1. The van der Waals surface area contributed by atoms with Gasteiger partial charge in [-0.15, -0.1) is 0 Å². The highest BCUT2D eigenvalue weighted by molar-refractivity contribution is 5.73. The summed E-state index contributed by atoms with van der Waals surface area (Å²) in [6.45, 7) is 10.6. The Bertz CT molecular complexity index is 811. The second-order valence-electron chi connectivity index (χ2n) is 8.84. The number of phenols is 2. The van der Waals surface area contributed by atoms with Crippen molar-refractivity contribution in [2.75, 3.05) is 14.1 Å². The van der Waals surface area contributed by atoms with Gasteiger partial charge in [0.1, 0.15) is 11.5 Å². The van der Waals surface area contributed by atoms with Crippen LogP contribution in [0.4, 0.5) is 4.79 Å². The SMILES string of the molecule is C=C(C)C1CCC(C)=CC1c1c(O)cc(CCCCC)c(CNC(=O)N(C)C)c1O. The van der Waals surface area contributed by atoms with Gasteiger partial charge < -0.3 is 20.4 Å². The second kappa shape index (κ2) is 10.6. The number of aromatic hydroxyl groups is 2. The molecule has 2 atom stereocenters. The molecular formula is C25H38N2O3. The number of hydrogen-bond donors (Lipinski definition) is 3. The van der Waals surface area contributed by atoms with Gasteiger partial charge in [0.2, 0.25) is 0 Å². The number of amides is 2. The minimum Gasteiger partial charge on any atom is -0.507 e. The molecular weight excluding hydrogens is 376 g/mol. The van der Waals surface area contributed by atoms with Crippen molar-refractivity contribution in [2.45, 2.75) is 71.8 Å². The summed E-state index contributed by atoms with van der Waals surface area (Å²) in [7, 11) is 3.37. The van der Waals surface area contributed by atoms with Crippen molar-refractivity contribution < 1.29 is 15.0 Å². The van der Waals surface area contributed by atoms with Crippen LogP contribution in [-0.4, -0.2) is 35.2 Å². The van der Waals surface area contributed by atoms with Crippen molar-refractivity contribution in [3.8, 4) is 11.5 Å². The molecule has 2 rings (SSSR count). The van der Waals surface area contributed by atoms with Crippen LogP contribution in [0.5, 0.6) is 11.5 Å². The van der Waals surface area contributed by atoms with E-state index in [0.29, 0.717) is 11.1 Å². The summed E-state index contributed by atoms with van der Waals surface area (Å²) < 4.78 is 0. The predicted octanol–water partition coefficient (Wildman–Crippen LogP) is 5.62. The molecule has 1 aliphatic carbocycles. The van der Waals surface area contributed by atoms with Crippen molar-refractivity contribution in [3.05, 3.63) is 46.6 Å². The lowest BCUT2D eigenvalue weighted by molar-refractivity contribution is 0.217. The number of benzene rings is 1. The summed E-state index contributed by atoms with van der Waals surface area (Å²) in [5, 5.41) is 25.1. The molecule has 166 valence electrons. The van der Waals surface area contributed by atoms with E-state index in [2.05, 4.69) is 31.8 Å². The van der Waals surface area contributed by atoms with Gasteiger partial charge in [-0.3, -0.25) is 0 Å². The Balaban J connectivity index is 2.52. The summed E-state index contributed by atoms with van der Waals surface area (Å²) >= 11 is 0. The number of allylic oxidation sites excluding steroid dienone is 3. The van der Waals surface area contributed by atoms with E-state index in [0.717, 1.165) is 49.7 Å². The van der Waals surface area contributed by atoms with Gasteiger partial charge in [0, 0.05) is 37.7 Å². The highest BCUT2D eigenvalue weighted by Gasteiger charge is 2.31. The Morgan fingerprint density at radius 1 is 1.30 bits per heavy atom. The first-order valence-electron chi connectivity index (χ1n) is 11.0. The Kier molecular flexibility index (Phi) is 8.39. The van der Waals surface area contributed by atoms with Crippen molar-refractivity contribution in [1.29, 1.82) is 0 Å². The van der Waals surface area contributed by atoms with Crippen LogP contribution in [-0.2, 0) is 13.0 Å². The summed E-state index contributed by atoms with van der Waals surface area (Å²) in [5.74, 6) is 0.275. The highest BCUT2D eigenvalue weighted by atomic mass is 16.3. The van der Waals surface area contributed by atoms with Crippen molar-refractivity contribution in [2.24, 2.45) is 5.92 Å². The Morgan fingerprint density at radius 3 is 2.60 bits per heavy atom. The van der Waals surface area contributed by atoms with Gasteiger partial charge in [-0.1, -0.05) is 43.6 Å². The molecule has 5 heteroatoms. The summed E-state index contributed by atoms with van der Waals surface area (Å²) in [4.78, 5) is 13.6. The van der Waals surface area contributed by atoms with Crippen LogP contribution < -0.4 is 5.32 Å². The Morgan fingerprint density at radius 2 is 2.00 bits per heavy atom. The molecule has 0 fully saturated rings. The number of carbonyl (C=O) groups excluding carboxylic acids is 1. The molecule has 0 saturated heterocycles. The predicted molar refractivity (Wildman–Crippen MR) is 123 cm³/mol. The molecule has 0 heterocycles. The molecule has 0 bridgehead atoms. The quantitative estimate of drug-likeness (QED) is 0.382. The average molecular weight is 415 g/mol. The molecule has 0 radical (unpaired) electrons. The zero-order chi connectivity index (χ0) is 22.4. The first kappa shape index (κ1) is 23.8. The molecule has 5 nitrogen and oxygen atoms in total. The lowest BCUT2D eigenvalue weighted by Crippen LogP contribution is -2.34. The Labute approximate surface area is 181 Å². The minimum absolute atomic E-state index is 0.0998. The van der Waals surface area contributed by atoms with E-state index in [9.17, 15) is 15.0 Å². The van der Waals surface area contributed by atoms with Crippen LogP contribution in [0, 0.1) is 5.92 Å². The molecule has 0 aromatic heterocycles. The zero-order valence-electron chi connectivity index (χ0n) is 19.2.